The fourth-order valence-electron chi connectivity index (χ4n) is 2.85. The summed E-state index contributed by atoms with van der Waals surface area (Å²) in [6.07, 6.45) is 0.545. The Bertz CT molecular complexity index is 982. The lowest BCUT2D eigenvalue weighted by Crippen LogP contribution is -2.39. The van der Waals surface area contributed by atoms with Crippen molar-refractivity contribution in [2.75, 3.05) is 7.11 Å². The molecule has 0 saturated carbocycles. The van der Waals surface area contributed by atoms with E-state index in [1.54, 1.807) is 12.1 Å². The molecule has 2 unspecified atom stereocenters. The van der Waals surface area contributed by atoms with E-state index in [0.717, 1.165) is 26.4 Å². The molecule has 7 heteroatoms. The predicted octanol–water partition coefficient (Wildman–Crippen LogP) is 4.55. The summed E-state index contributed by atoms with van der Waals surface area (Å²) < 4.78 is 27.2. The monoisotopic (exact) mass is 437 g/mol. The Hall–Kier alpha value is -1.70. The first-order valence-electron chi connectivity index (χ1n) is 8.26. The van der Waals surface area contributed by atoms with Crippen molar-refractivity contribution >= 4 is 54.8 Å². The van der Waals surface area contributed by atoms with Crippen LogP contribution in [0.3, 0.4) is 0 Å². The number of benzene rings is 2. The van der Waals surface area contributed by atoms with E-state index in [4.69, 9.17) is 9.15 Å². The van der Waals surface area contributed by atoms with Gasteiger partial charge in [-0.1, -0.05) is 29.8 Å². The number of halogens is 1. The van der Waals surface area contributed by atoms with Crippen LogP contribution in [0.15, 0.2) is 50.2 Å². The van der Waals surface area contributed by atoms with Crippen LogP contribution < -0.4 is 4.72 Å². The molecule has 0 aliphatic heterocycles. The van der Waals surface area contributed by atoms with Gasteiger partial charge < -0.3 is 9.15 Å². The summed E-state index contributed by atoms with van der Waals surface area (Å²) in [6, 6.07) is 10.6. The maximum absolute atomic E-state index is 12.8. The summed E-state index contributed by atoms with van der Waals surface area (Å²) in [5, 5.41) is 1.84. The average molecular weight is 438 g/mol. The predicted molar refractivity (Wildman–Crippen MR) is 106 cm³/mol. The van der Waals surface area contributed by atoms with E-state index in [1.807, 2.05) is 38.1 Å². The second kappa shape index (κ2) is 7.90. The first-order chi connectivity index (χ1) is 12.4. The van der Waals surface area contributed by atoms with Crippen molar-refractivity contribution in [1.29, 1.82) is 0 Å². The summed E-state index contributed by atoms with van der Waals surface area (Å²) in [7, 11) is -0.206. The Morgan fingerprint density at radius 1 is 1.19 bits per heavy atom. The van der Waals surface area contributed by atoms with Crippen LogP contribution in [0, 0.1) is 5.92 Å². The first kappa shape index (κ1) is 19.1. The molecule has 26 heavy (non-hydrogen) atoms. The molecule has 0 amide bonds. The number of furan rings is 1. The van der Waals surface area contributed by atoms with Gasteiger partial charge in [-0.15, -0.1) is 0 Å². The topological polar surface area (TPSA) is 68.5 Å². The van der Waals surface area contributed by atoms with Crippen LogP contribution in [0.1, 0.15) is 20.3 Å². The van der Waals surface area contributed by atoms with E-state index in [9.17, 15) is 9.00 Å². The summed E-state index contributed by atoms with van der Waals surface area (Å²) >= 11 is 3.43. The number of hydrogen-bond donors (Lipinski definition) is 1. The third-order valence-electron chi connectivity index (χ3n) is 4.06. The largest absolute Gasteiger partial charge is 0.468 e. The van der Waals surface area contributed by atoms with Crippen LogP contribution >= 0.6 is 15.9 Å². The molecule has 1 N–H and O–H groups in total. The van der Waals surface area contributed by atoms with Gasteiger partial charge in [-0.2, -0.15) is 0 Å². The molecule has 1 heterocycles. The maximum Gasteiger partial charge on any atom is 0.323 e. The summed E-state index contributed by atoms with van der Waals surface area (Å²) in [4.78, 5) is 12.5. The Kier molecular flexibility index (Phi) is 5.79. The van der Waals surface area contributed by atoms with Crippen LogP contribution in [0.5, 0.6) is 0 Å². The molecule has 0 aliphatic rings. The summed E-state index contributed by atoms with van der Waals surface area (Å²) in [5.41, 5.74) is 1.49. The van der Waals surface area contributed by atoms with Gasteiger partial charge in [0.25, 0.3) is 0 Å². The average Bonchev–Trinajstić information content (AvgIpc) is 2.96. The van der Waals surface area contributed by atoms with Crippen molar-refractivity contribution in [3.63, 3.8) is 0 Å². The third kappa shape index (κ3) is 4.00. The zero-order chi connectivity index (χ0) is 18.8. The van der Waals surface area contributed by atoms with Crippen molar-refractivity contribution in [3.05, 3.63) is 40.9 Å². The number of carbonyl (C=O) groups is 1. The second-order valence-electron chi connectivity index (χ2n) is 6.49. The number of hydrogen-bond acceptors (Lipinski definition) is 4. The van der Waals surface area contributed by atoms with Crippen LogP contribution in [0.2, 0.25) is 0 Å². The molecule has 0 radical (unpaired) electrons. The number of fused-ring (bicyclic) bond motifs is 3. The summed E-state index contributed by atoms with van der Waals surface area (Å²) in [6.45, 7) is 4.00. The van der Waals surface area contributed by atoms with Gasteiger partial charge in [-0.3, -0.25) is 4.79 Å². The van der Waals surface area contributed by atoms with Gasteiger partial charge in [0.1, 0.15) is 28.2 Å². The molecule has 5 nitrogen and oxygen atoms in total. The molecule has 0 spiro atoms. The molecule has 3 rings (SSSR count). The van der Waals surface area contributed by atoms with Gasteiger partial charge in [0.2, 0.25) is 0 Å². The van der Waals surface area contributed by atoms with E-state index in [-0.39, 0.29) is 5.92 Å². The minimum atomic E-state index is -1.54. The SMILES string of the molecule is COC(=O)C(CC(C)C)NS(=O)c1ccc2oc3cc(Br)ccc3c2c1. The number of nitrogens with one attached hydrogen (secondary N) is 1. The highest BCUT2D eigenvalue weighted by atomic mass is 79.9. The van der Waals surface area contributed by atoms with Gasteiger partial charge in [0.15, 0.2) is 0 Å². The number of esters is 1. The lowest BCUT2D eigenvalue weighted by molar-refractivity contribution is -0.143. The van der Waals surface area contributed by atoms with E-state index >= 15 is 0 Å². The molecule has 2 aromatic carbocycles. The van der Waals surface area contributed by atoms with E-state index < -0.39 is 23.0 Å². The molecular formula is C19H20BrNO4S. The van der Waals surface area contributed by atoms with Crippen molar-refractivity contribution in [3.8, 4) is 0 Å². The lowest BCUT2D eigenvalue weighted by atomic mass is 10.1. The zero-order valence-electron chi connectivity index (χ0n) is 14.7. The van der Waals surface area contributed by atoms with Gasteiger partial charge in [-0.05, 0) is 48.7 Å². The first-order valence-corrected chi connectivity index (χ1v) is 10.2. The van der Waals surface area contributed by atoms with Crippen molar-refractivity contribution in [2.24, 2.45) is 5.92 Å². The van der Waals surface area contributed by atoms with Crippen molar-refractivity contribution in [1.82, 2.24) is 4.72 Å². The van der Waals surface area contributed by atoms with Gasteiger partial charge in [0.05, 0.1) is 12.0 Å². The molecule has 0 bridgehead atoms. The Morgan fingerprint density at radius 2 is 1.96 bits per heavy atom. The normalized spacial score (nSPS) is 14.0. The van der Waals surface area contributed by atoms with Crippen LogP contribution in [0.25, 0.3) is 21.9 Å². The number of rotatable bonds is 6. The smallest absolute Gasteiger partial charge is 0.323 e. The Labute approximate surface area is 162 Å². The molecule has 0 fully saturated rings. The fourth-order valence-corrected chi connectivity index (χ4v) is 4.19. The zero-order valence-corrected chi connectivity index (χ0v) is 17.1. The number of methoxy groups -OCH3 is 1. The highest BCUT2D eigenvalue weighted by molar-refractivity contribution is 9.10. The quantitative estimate of drug-likeness (QED) is 0.574. The molecule has 0 saturated heterocycles. The van der Waals surface area contributed by atoms with Gasteiger partial charge >= 0.3 is 5.97 Å². The molecule has 1 aromatic heterocycles. The van der Waals surface area contributed by atoms with Gasteiger partial charge in [-0.25, -0.2) is 8.93 Å². The third-order valence-corrected chi connectivity index (χ3v) is 5.73. The Morgan fingerprint density at radius 3 is 2.65 bits per heavy atom. The standard InChI is InChI=1S/C19H20BrNO4S/c1-11(2)8-16(19(22)24-3)21-26(23)13-5-7-17-15(10-13)14-6-4-12(20)9-18(14)25-17/h4-7,9-11,16,21H,8H2,1-3H3. The van der Waals surface area contributed by atoms with E-state index in [0.29, 0.717) is 11.3 Å². The van der Waals surface area contributed by atoms with Gasteiger partial charge in [0, 0.05) is 15.2 Å². The summed E-state index contributed by atoms with van der Waals surface area (Å²) in [5.74, 6) is -0.144. The van der Waals surface area contributed by atoms with Crippen molar-refractivity contribution in [2.45, 2.75) is 31.2 Å². The molecule has 2 atom stereocenters. The molecule has 0 aliphatic carbocycles. The van der Waals surface area contributed by atoms with E-state index in [2.05, 4.69) is 20.7 Å². The Balaban J connectivity index is 1.92. The van der Waals surface area contributed by atoms with Crippen molar-refractivity contribution < 1.29 is 18.2 Å². The molecule has 138 valence electrons. The minimum Gasteiger partial charge on any atom is -0.468 e. The van der Waals surface area contributed by atoms with Crippen LogP contribution in [0.4, 0.5) is 0 Å². The number of carbonyl (C=O) groups excluding carboxylic acids is 1. The molecule has 3 aromatic rings. The minimum absolute atomic E-state index is 0.266. The maximum atomic E-state index is 12.8. The molecular weight excluding hydrogens is 418 g/mol. The second-order valence-corrected chi connectivity index (χ2v) is 8.65. The fraction of sp³-hybridized carbons (Fsp3) is 0.316. The van der Waals surface area contributed by atoms with E-state index in [1.165, 1.54) is 7.11 Å². The lowest BCUT2D eigenvalue weighted by Gasteiger charge is -2.17. The van der Waals surface area contributed by atoms with Crippen LogP contribution in [-0.4, -0.2) is 23.3 Å². The number of ether oxygens (including phenoxy) is 1. The highest BCUT2D eigenvalue weighted by Gasteiger charge is 2.23. The highest BCUT2D eigenvalue weighted by Crippen LogP contribution is 2.31. The van der Waals surface area contributed by atoms with Crippen LogP contribution in [-0.2, 0) is 20.5 Å².